The first kappa shape index (κ1) is 14.6. The average molecular weight is 312 g/mol. The van der Waals surface area contributed by atoms with Crippen LogP contribution in [0.5, 0.6) is 0 Å². The molecule has 0 radical (unpaired) electrons. The molecule has 0 saturated carbocycles. The van der Waals surface area contributed by atoms with Crippen LogP contribution in [0.3, 0.4) is 0 Å². The van der Waals surface area contributed by atoms with Gasteiger partial charge in [-0.25, -0.2) is 14.8 Å². The number of carboxylic acid groups (broad SMARTS) is 1. The lowest BCUT2D eigenvalue weighted by Gasteiger charge is -2.09. The normalized spacial score (nSPS) is 10.6. The Balaban J connectivity index is 2.43. The molecule has 0 saturated heterocycles. The summed E-state index contributed by atoms with van der Waals surface area (Å²) in [4.78, 5) is 19.2. The number of rotatable bonds is 3. The fourth-order valence-corrected chi connectivity index (χ4v) is 2.39. The second-order valence-electron chi connectivity index (χ2n) is 4.17. The molecule has 0 aliphatic rings. The van der Waals surface area contributed by atoms with Crippen LogP contribution in [-0.4, -0.2) is 21.0 Å². The molecule has 3 N–H and O–H groups in total. The summed E-state index contributed by atoms with van der Waals surface area (Å²) in [5.74, 6) is -0.842. The lowest BCUT2D eigenvalue weighted by atomic mass is 10.1. The molecule has 2 aromatic rings. The average Bonchev–Trinajstić information content (AvgIpc) is 2.32. The largest absolute Gasteiger partial charge is 0.477 e. The summed E-state index contributed by atoms with van der Waals surface area (Å²) < 4.78 is 0. The van der Waals surface area contributed by atoms with Crippen LogP contribution in [0.4, 0.5) is 5.82 Å². The minimum Gasteiger partial charge on any atom is -0.477 e. The summed E-state index contributed by atoms with van der Waals surface area (Å²) in [6, 6.07) is 5.16. The third kappa shape index (κ3) is 2.84. The molecule has 1 aromatic carbocycles. The van der Waals surface area contributed by atoms with E-state index in [1.807, 2.05) is 0 Å². The number of benzene rings is 1. The molecule has 0 unspecified atom stereocenters. The van der Waals surface area contributed by atoms with Gasteiger partial charge in [0.05, 0.1) is 5.69 Å². The number of nitrogens with zero attached hydrogens (tertiary/aromatic N) is 2. The Kier molecular flexibility index (Phi) is 4.11. The Morgan fingerprint density at radius 1 is 1.30 bits per heavy atom. The maximum absolute atomic E-state index is 11.0. The van der Waals surface area contributed by atoms with Gasteiger partial charge in [-0.15, -0.1) is 0 Å². The summed E-state index contributed by atoms with van der Waals surface area (Å²) in [6.07, 6.45) is 0.281. The van der Waals surface area contributed by atoms with E-state index >= 15 is 0 Å². The first-order chi connectivity index (χ1) is 9.40. The van der Waals surface area contributed by atoms with Crippen LogP contribution in [-0.2, 0) is 6.42 Å². The van der Waals surface area contributed by atoms with E-state index in [0.717, 1.165) is 0 Å². The van der Waals surface area contributed by atoms with Crippen molar-refractivity contribution < 1.29 is 9.90 Å². The molecule has 0 fully saturated rings. The smallest absolute Gasteiger partial charge is 0.341 e. The van der Waals surface area contributed by atoms with Crippen LogP contribution < -0.4 is 5.73 Å². The molecule has 5 nitrogen and oxygen atoms in total. The van der Waals surface area contributed by atoms with Crippen molar-refractivity contribution in [2.24, 2.45) is 0 Å². The predicted octanol–water partition coefficient (Wildman–Crippen LogP) is 2.96. The number of aromatic nitrogens is 2. The van der Waals surface area contributed by atoms with Crippen LogP contribution in [0.15, 0.2) is 18.2 Å². The van der Waals surface area contributed by atoms with E-state index in [4.69, 9.17) is 34.0 Å². The quantitative estimate of drug-likeness (QED) is 0.909. The molecule has 0 amide bonds. The number of nitrogen functional groups attached to an aromatic ring is 1. The number of halogens is 2. The van der Waals surface area contributed by atoms with Gasteiger partial charge in [-0.2, -0.15) is 0 Å². The number of aromatic carboxylic acids is 1. The Labute approximate surface area is 125 Å². The lowest BCUT2D eigenvalue weighted by molar-refractivity contribution is 0.0696. The fourth-order valence-electron chi connectivity index (χ4n) is 1.86. The molecule has 0 atom stereocenters. The topological polar surface area (TPSA) is 89.1 Å². The van der Waals surface area contributed by atoms with Crippen LogP contribution in [0.1, 0.15) is 27.4 Å². The predicted molar refractivity (Wildman–Crippen MR) is 77.4 cm³/mol. The lowest BCUT2D eigenvalue weighted by Crippen LogP contribution is -2.12. The minimum atomic E-state index is -1.15. The third-order valence-corrected chi connectivity index (χ3v) is 3.48. The number of hydrogen-bond donors (Lipinski definition) is 2. The zero-order chi connectivity index (χ0) is 14.9. The maximum Gasteiger partial charge on any atom is 0.341 e. The van der Waals surface area contributed by atoms with E-state index in [0.29, 0.717) is 27.1 Å². The van der Waals surface area contributed by atoms with Crippen molar-refractivity contribution in [3.8, 4) is 0 Å². The molecular weight excluding hydrogens is 301 g/mol. The van der Waals surface area contributed by atoms with E-state index in [1.54, 1.807) is 25.1 Å². The highest BCUT2D eigenvalue weighted by atomic mass is 35.5. The molecule has 1 heterocycles. The monoisotopic (exact) mass is 311 g/mol. The van der Waals surface area contributed by atoms with Crippen molar-refractivity contribution in [3.63, 3.8) is 0 Å². The fraction of sp³-hybridized carbons (Fsp3) is 0.154. The zero-order valence-corrected chi connectivity index (χ0v) is 12.0. The Morgan fingerprint density at radius 2 is 1.90 bits per heavy atom. The minimum absolute atomic E-state index is 0.0665. The van der Waals surface area contributed by atoms with E-state index in [-0.39, 0.29) is 17.8 Å². The molecule has 2 rings (SSSR count). The summed E-state index contributed by atoms with van der Waals surface area (Å²) in [5.41, 5.74) is 6.56. The van der Waals surface area contributed by atoms with Crippen molar-refractivity contribution in [2.75, 3.05) is 5.73 Å². The highest BCUT2D eigenvalue weighted by Crippen LogP contribution is 2.26. The Morgan fingerprint density at radius 3 is 2.40 bits per heavy atom. The molecule has 0 aliphatic heterocycles. The summed E-state index contributed by atoms with van der Waals surface area (Å²) >= 11 is 12.2. The van der Waals surface area contributed by atoms with Crippen molar-refractivity contribution >= 4 is 35.0 Å². The van der Waals surface area contributed by atoms with Gasteiger partial charge in [-0.3, -0.25) is 0 Å². The molecule has 0 bridgehead atoms. The number of nitrogens with two attached hydrogens (primary N) is 1. The SMILES string of the molecule is Cc1nc(Cc2c(Cl)cccc2Cl)nc(N)c1C(=O)O. The molecule has 1 aromatic heterocycles. The van der Waals surface area contributed by atoms with Gasteiger partial charge in [-0.05, 0) is 24.6 Å². The summed E-state index contributed by atoms with van der Waals surface area (Å²) in [7, 11) is 0. The van der Waals surface area contributed by atoms with Crippen molar-refractivity contribution in [1.82, 2.24) is 9.97 Å². The van der Waals surface area contributed by atoms with Crippen LogP contribution >= 0.6 is 23.2 Å². The summed E-state index contributed by atoms with van der Waals surface area (Å²) in [6.45, 7) is 1.57. The molecule has 0 spiro atoms. The van der Waals surface area contributed by atoms with Gasteiger partial charge in [0.1, 0.15) is 17.2 Å². The Hall–Kier alpha value is -1.85. The molecule has 0 aliphatic carbocycles. The Bertz CT molecular complexity index is 646. The van der Waals surface area contributed by atoms with E-state index in [9.17, 15) is 4.79 Å². The van der Waals surface area contributed by atoms with Gasteiger partial charge < -0.3 is 10.8 Å². The van der Waals surface area contributed by atoms with Gasteiger partial charge in [0.2, 0.25) is 0 Å². The third-order valence-electron chi connectivity index (χ3n) is 2.77. The number of aryl methyl sites for hydroxylation is 1. The molecular formula is C13H11Cl2N3O2. The van der Waals surface area contributed by atoms with E-state index < -0.39 is 5.97 Å². The first-order valence-electron chi connectivity index (χ1n) is 5.69. The second kappa shape index (κ2) is 5.64. The number of carbonyl (C=O) groups is 1. The number of carboxylic acids is 1. The van der Waals surface area contributed by atoms with Crippen LogP contribution in [0.2, 0.25) is 10.0 Å². The first-order valence-corrected chi connectivity index (χ1v) is 6.45. The highest BCUT2D eigenvalue weighted by Gasteiger charge is 2.17. The molecule has 20 heavy (non-hydrogen) atoms. The van der Waals surface area contributed by atoms with E-state index in [2.05, 4.69) is 9.97 Å². The van der Waals surface area contributed by atoms with Gasteiger partial charge >= 0.3 is 5.97 Å². The van der Waals surface area contributed by atoms with Crippen molar-refractivity contribution in [3.05, 3.63) is 50.9 Å². The van der Waals surface area contributed by atoms with E-state index in [1.165, 1.54) is 0 Å². The highest BCUT2D eigenvalue weighted by molar-refractivity contribution is 6.36. The summed E-state index contributed by atoms with van der Waals surface area (Å²) in [5, 5.41) is 10.0. The van der Waals surface area contributed by atoms with Crippen LogP contribution in [0.25, 0.3) is 0 Å². The molecule has 7 heteroatoms. The number of anilines is 1. The van der Waals surface area contributed by atoms with Gasteiger partial charge in [-0.1, -0.05) is 29.3 Å². The van der Waals surface area contributed by atoms with Crippen LogP contribution in [0, 0.1) is 6.92 Å². The second-order valence-corrected chi connectivity index (χ2v) is 4.98. The van der Waals surface area contributed by atoms with Gasteiger partial charge in [0.25, 0.3) is 0 Å². The number of hydrogen-bond acceptors (Lipinski definition) is 4. The standard InChI is InChI=1S/C13H11Cl2N3O2/c1-6-11(13(19)20)12(16)18-10(17-6)5-7-8(14)3-2-4-9(7)15/h2-4H,5H2,1H3,(H,19,20)(H2,16,17,18). The van der Waals surface area contributed by atoms with Gasteiger partial charge in [0.15, 0.2) is 0 Å². The van der Waals surface area contributed by atoms with Gasteiger partial charge in [0, 0.05) is 16.5 Å². The van der Waals surface area contributed by atoms with Crippen molar-refractivity contribution in [2.45, 2.75) is 13.3 Å². The maximum atomic E-state index is 11.0. The van der Waals surface area contributed by atoms with Crippen molar-refractivity contribution in [1.29, 1.82) is 0 Å². The zero-order valence-electron chi connectivity index (χ0n) is 10.5. The molecule has 104 valence electrons.